The van der Waals surface area contributed by atoms with Crippen molar-refractivity contribution in [3.05, 3.63) is 51.9 Å². The number of likely N-dealkylation sites (tertiary alicyclic amines) is 2. The van der Waals surface area contributed by atoms with Crippen molar-refractivity contribution in [1.29, 1.82) is 0 Å². The summed E-state index contributed by atoms with van der Waals surface area (Å²) in [6.45, 7) is 6.34. The first-order valence-electron chi connectivity index (χ1n) is 12.2. The molecule has 7 nitrogen and oxygen atoms in total. The highest BCUT2D eigenvalue weighted by molar-refractivity contribution is 6.31. The van der Waals surface area contributed by atoms with Gasteiger partial charge in [-0.15, -0.1) is 0 Å². The van der Waals surface area contributed by atoms with E-state index in [2.05, 4.69) is 20.2 Å². The number of aromatic nitrogens is 2. The zero-order chi connectivity index (χ0) is 25.2. The van der Waals surface area contributed by atoms with Crippen molar-refractivity contribution < 1.29 is 19.0 Å². The second kappa shape index (κ2) is 11.0. The van der Waals surface area contributed by atoms with Crippen LogP contribution in [0.3, 0.4) is 0 Å². The van der Waals surface area contributed by atoms with E-state index in [1.54, 1.807) is 6.07 Å². The molecule has 0 spiro atoms. The van der Waals surface area contributed by atoms with Crippen molar-refractivity contribution in [2.45, 2.75) is 70.4 Å². The molecule has 0 amide bonds. The Morgan fingerprint density at radius 1 is 1.14 bits per heavy atom. The minimum absolute atomic E-state index is 0.0338. The highest BCUT2D eigenvalue weighted by Crippen LogP contribution is 2.34. The van der Waals surface area contributed by atoms with E-state index in [1.165, 1.54) is 18.5 Å². The number of aliphatic hydroxyl groups is 2. The summed E-state index contributed by atoms with van der Waals surface area (Å²) < 4.78 is 27.6. The van der Waals surface area contributed by atoms with E-state index >= 15 is 0 Å². The van der Waals surface area contributed by atoms with Gasteiger partial charge in [-0.3, -0.25) is 4.90 Å². The van der Waals surface area contributed by atoms with Crippen LogP contribution in [-0.4, -0.2) is 68.3 Å². The molecule has 0 bridgehead atoms. The van der Waals surface area contributed by atoms with Crippen LogP contribution in [0.2, 0.25) is 5.02 Å². The molecule has 1 aromatic heterocycles. The van der Waals surface area contributed by atoms with Crippen molar-refractivity contribution in [3.8, 4) is 0 Å². The molecule has 35 heavy (non-hydrogen) atoms. The number of aliphatic hydroxyl groups excluding tert-OH is 2. The van der Waals surface area contributed by atoms with Gasteiger partial charge in [0.2, 0.25) is 0 Å². The highest BCUT2D eigenvalue weighted by Gasteiger charge is 2.31. The maximum absolute atomic E-state index is 13.8. The smallest absolute Gasteiger partial charge is 0.271 e. The molecule has 1 aromatic carbocycles. The monoisotopic (exact) mass is 509 g/mol. The van der Waals surface area contributed by atoms with Crippen LogP contribution in [0.25, 0.3) is 0 Å². The fourth-order valence-electron chi connectivity index (χ4n) is 5.03. The van der Waals surface area contributed by atoms with Crippen molar-refractivity contribution in [2.24, 2.45) is 0 Å². The summed E-state index contributed by atoms with van der Waals surface area (Å²) >= 11 is 5.95. The fraction of sp³-hybridized carbons (Fsp3) is 0.600. The molecule has 10 heteroatoms. The van der Waals surface area contributed by atoms with Gasteiger partial charge < -0.3 is 20.4 Å². The summed E-state index contributed by atoms with van der Waals surface area (Å²) in [6, 6.07) is 5.05. The predicted molar refractivity (Wildman–Crippen MR) is 131 cm³/mol. The van der Waals surface area contributed by atoms with Gasteiger partial charge in [-0.05, 0) is 50.3 Å². The zero-order valence-electron chi connectivity index (χ0n) is 20.2. The Morgan fingerprint density at radius 2 is 1.83 bits per heavy atom. The first-order valence-corrected chi connectivity index (χ1v) is 12.6. The summed E-state index contributed by atoms with van der Waals surface area (Å²) in [5.41, 5.74) is 1.71. The molecule has 1 atom stereocenters. The Labute approximate surface area is 210 Å². The van der Waals surface area contributed by atoms with Gasteiger partial charge >= 0.3 is 0 Å². The third kappa shape index (κ3) is 6.27. The van der Waals surface area contributed by atoms with Gasteiger partial charge in [-0.25, -0.2) is 18.7 Å². The molecule has 1 unspecified atom stereocenters. The number of hydrogen-bond donors (Lipinski definition) is 3. The molecule has 192 valence electrons. The van der Waals surface area contributed by atoms with E-state index in [0.717, 1.165) is 64.3 Å². The molecule has 3 N–H and O–H groups in total. The SMILES string of the molecule is Cc1c(NCc2ccc(Cl)c(C(C)(F)F)c2)ncnc1C(O)N1CCC(N2CCC(O)CC2)CC1. The normalized spacial score (nSPS) is 20.2. The van der Waals surface area contributed by atoms with E-state index < -0.39 is 12.2 Å². The molecule has 4 rings (SSSR count). The number of nitrogens with one attached hydrogen (secondary N) is 1. The molecule has 2 aliphatic rings. The molecule has 2 saturated heterocycles. The lowest BCUT2D eigenvalue weighted by Gasteiger charge is -2.42. The lowest BCUT2D eigenvalue weighted by molar-refractivity contribution is -0.0356. The molecule has 0 aliphatic carbocycles. The molecule has 3 heterocycles. The second-order valence-electron chi connectivity index (χ2n) is 9.70. The average Bonchev–Trinajstić information content (AvgIpc) is 2.84. The Morgan fingerprint density at radius 3 is 2.49 bits per heavy atom. The standard InChI is InChI=1S/C25H34ClF2N5O2/c1-16-22(24(35)33-9-5-18(6-10-33)32-11-7-19(34)8-12-32)30-15-31-23(16)29-14-17-3-4-21(26)20(13-17)25(2,27)28/h3-4,13,15,18-19,24,34-35H,5-12,14H2,1-2H3,(H,29,30,31). The van der Waals surface area contributed by atoms with Crippen LogP contribution in [0.5, 0.6) is 0 Å². The first kappa shape index (κ1) is 26.2. The van der Waals surface area contributed by atoms with Crippen LogP contribution in [0.1, 0.15) is 61.2 Å². The third-order valence-electron chi connectivity index (χ3n) is 7.19. The maximum atomic E-state index is 13.8. The Bertz CT molecular complexity index is 1010. The van der Waals surface area contributed by atoms with Gasteiger partial charge in [0, 0.05) is 61.8 Å². The number of alkyl halides is 2. The highest BCUT2D eigenvalue weighted by atomic mass is 35.5. The van der Waals surface area contributed by atoms with Gasteiger partial charge in [-0.1, -0.05) is 17.7 Å². The van der Waals surface area contributed by atoms with Crippen LogP contribution >= 0.6 is 11.6 Å². The summed E-state index contributed by atoms with van der Waals surface area (Å²) in [4.78, 5) is 13.1. The molecule has 0 saturated carbocycles. The molecular weight excluding hydrogens is 476 g/mol. The maximum Gasteiger partial charge on any atom is 0.271 e. The molecule has 2 aliphatic heterocycles. The van der Waals surface area contributed by atoms with E-state index in [0.29, 0.717) is 23.1 Å². The van der Waals surface area contributed by atoms with Crippen LogP contribution < -0.4 is 5.32 Å². The van der Waals surface area contributed by atoms with Gasteiger partial charge in [0.05, 0.1) is 11.8 Å². The number of rotatable bonds is 7. The summed E-state index contributed by atoms with van der Waals surface area (Å²) in [6.07, 6.45) is 3.97. The van der Waals surface area contributed by atoms with Crippen molar-refractivity contribution in [3.63, 3.8) is 0 Å². The summed E-state index contributed by atoms with van der Waals surface area (Å²) in [5, 5.41) is 24.1. The van der Waals surface area contributed by atoms with Crippen molar-refractivity contribution in [2.75, 3.05) is 31.5 Å². The van der Waals surface area contributed by atoms with Crippen molar-refractivity contribution >= 4 is 17.4 Å². The lowest BCUT2D eigenvalue weighted by atomic mass is 9.98. The fourth-order valence-corrected chi connectivity index (χ4v) is 5.31. The van der Waals surface area contributed by atoms with Gasteiger partial charge in [0.1, 0.15) is 12.1 Å². The van der Waals surface area contributed by atoms with E-state index in [1.807, 2.05) is 11.8 Å². The largest absolute Gasteiger partial charge is 0.393 e. The molecule has 2 aromatic rings. The molecule has 2 fully saturated rings. The quantitative estimate of drug-likeness (QED) is 0.518. The first-order chi connectivity index (χ1) is 16.6. The van der Waals surface area contributed by atoms with Crippen LogP contribution in [-0.2, 0) is 12.5 Å². The van der Waals surface area contributed by atoms with E-state index in [9.17, 15) is 19.0 Å². The van der Waals surface area contributed by atoms with E-state index in [4.69, 9.17) is 11.6 Å². The van der Waals surface area contributed by atoms with Gasteiger partial charge in [-0.2, -0.15) is 0 Å². The zero-order valence-corrected chi connectivity index (χ0v) is 21.0. The van der Waals surface area contributed by atoms with Crippen LogP contribution in [0, 0.1) is 6.92 Å². The predicted octanol–water partition coefficient (Wildman–Crippen LogP) is 4.07. The van der Waals surface area contributed by atoms with Crippen LogP contribution in [0.4, 0.5) is 14.6 Å². The Balaban J connectivity index is 1.38. The van der Waals surface area contributed by atoms with Crippen LogP contribution in [0.15, 0.2) is 24.5 Å². The second-order valence-corrected chi connectivity index (χ2v) is 10.1. The summed E-state index contributed by atoms with van der Waals surface area (Å²) in [5.74, 6) is -2.48. The average molecular weight is 510 g/mol. The topological polar surface area (TPSA) is 84.8 Å². The number of anilines is 1. The number of hydrogen-bond acceptors (Lipinski definition) is 7. The molecular formula is C25H34ClF2N5O2. The van der Waals surface area contributed by atoms with Crippen molar-refractivity contribution in [1.82, 2.24) is 19.8 Å². The lowest BCUT2D eigenvalue weighted by Crippen LogP contribution is -2.49. The third-order valence-corrected chi connectivity index (χ3v) is 7.52. The molecule has 0 radical (unpaired) electrons. The Kier molecular flexibility index (Phi) is 8.23. The Hall–Kier alpha value is -1.91. The van der Waals surface area contributed by atoms with Gasteiger partial charge in [0.25, 0.3) is 5.92 Å². The number of nitrogens with zero attached hydrogens (tertiary/aromatic N) is 4. The van der Waals surface area contributed by atoms with E-state index in [-0.39, 0.29) is 23.2 Å². The number of halogens is 3. The van der Waals surface area contributed by atoms with Gasteiger partial charge in [0.15, 0.2) is 6.23 Å². The summed E-state index contributed by atoms with van der Waals surface area (Å²) in [7, 11) is 0. The number of piperidine rings is 2. The minimum atomic E-state index is -3.03. The number of benzene rings is 1. The minimum Gasteiger partial charge on any atom is -0.393 e.